The van der Waals surface area contributed by atoms with Gasteiger partial charge in [-0.2, -0.15) is 0 Å². The molecule has 0 radical (unpaired) electrons. The molecule has 0 bridgehead atoms. The van der Waals surface area contributed by atoms with Crippen LogP contribution in [0.1, 0.15) is 17.4 Å². The van der Waals surface area contributed by atoms with Crippen LogP contribution in [-0.2, 0) is 6.30 Å². The van der Waals surface area contributed by atoms with Crippen LogP contribution >= 0.6 is 0 Å². The van der Waals surface area contributed by atoms with Crippen molar-refractivity contribution in [3.8, 4) is 0 Å². The van der Waals surface area contributed by atoms with Crippen molar-refractivity contribution in [1.29, 1.82) is 0 Å². The van der Waals surface area contributed by atoms with Crippen molar-refractivity contribution >= 4 is 5.78 Å². The summed E-state index contributed by atoms with van der Waals surface area (Å²) >= 11 is 0. The van der Waals surface area contributed by atoms with Crippen LogP contribution in [0.5, 0.6) is 0 Å². The molecule has 1 rings (SSSR count). The first kappa shape index (κ1) is 8.76. The Balaban J connectivity index is 3.17. The summed E-state index contributed by atoms with van der Waals surface area (Å²) in [6.07, 6.45) is -3.12. The number of hydrogen-bond donors (Lipinski definition) is 0. The van der Waals surface area contributed by atoms with E-state index in [2.05, 4.69) is 4.98 Å². The Bertz CT molecular complexity index is 302. The Morgan fingerprint density at radius 3 is 2.50 bits per heavy atom. The maximum Gasteiger partial charge on any atom is 0.490 e. The topological polar surface area (TPSA) is 34.9 Å². The van der Waals surface area contributed by atoms with Gasteiger partial charge in [0, 0.05) is 6.92 Å². The van der Waals surface area contributed by atoms with Gasteiger partial charge < -0.3 is 0 Å². The minimum Gasteiger partial charge on any atom is -0.293 e. The van der Waals surface area contributed by atoms with E-state index in [0.29, 0.717) is 6.33 Å². The molecule has 3 nitrogen and oxygen atoms in total. The Kier molecular flexibility index (Phi) is 1.91. The molecule has 0 N–H and O–H groups in total. The molecule has 0 amide bonds. The first-order valence-corrected chi connectivity index (χ1v) is 3.03. The van der Waals surface area contributed by atoms with Crippen molar-refractivity contribution in [1.82, 2.24) is 9.55 Å². The zero-order valence-corrected chi connectivity index (χ0v) is 6.09. The predicted molar refractivity (Wildman–Crippen MR) is 33.5 cm³/mol. The SMILES string of the molecule is CC(=O)c1cncn1C(F)(F)F. The number of ketones is 1. The zero-order valence-electron chi connectivity index (χ0n) is 6.09. The first-order valence-electron chi connectivity index (χ1n) is 3.03. The highest BCUT2D eigenvalue weighted by Gasteiger charge is 2.33. The maximum absolute atomic E-state index is 12.0. The fourth-order valence-electron chi connectivity index (χ4n) is 0.758. The summed E-state index contributed by atoms with van der Waals surface area (Å²) in [7, 11) is 0. The second-order valence-electron chi connectivity index (χ2n) is 2.17. The summed E-state index contributed by atoms with van der Waals surface area (Å²) < 4.78 is 35.9. The Morgan fingerprint density at radius 2 is 2.17 bits per heavy atom. The van der Waals surface area contributed by atoms with Crippen molar-refractivity contribution in [3.63, 3.8) is 0 Å². The number of carbonyl (C=O) groups is 1. The average molecular weight is 178 g/mol. The lowest BCUT2D eigenvalue weighted by Gasteiger charge is -2.08. The standard InChI is InChI=1S/C6H5F3N2O/c1-4(12)5-2-10-3-11(5)6(7,8)9/h2-3H,1H3. The summed E-state index contributed by atoms with van der Waals surface area (Å²) in [6.45, 7) is 1.05. The number of alkyl halides is 3. The fourth-order valence-corrected chi connectivity index (χ4v) is 0.758. The van der Waals surface area contributed by atoms with Crippen LogP contribution in [0.3, 0.4) is 0 Å². The zero-order chi connectivity index (χ0) is 9.35. The van der Waals surface area contributed by atoms with Gasteiger partial charge in [-0.1, -0.05) is 0 Å². The van der Waals surface area contributed by atoms with E-state index in [1.165, 1.54) is 0 Å². The lowest BCUT2D eigenvalue weighted by molar-refractivity contribution is -0.204. The molecule has 0 spiro atoms. The van der Waals surface area contributed by atoms with Crippen molar-refractivity contribution in [2.75, 3.05) is 0 Å². The normalized spacial score (nSPS) is 11.7. The Labute approximate surface area is 65.8 Å². The third-order valence-electron chi connectivity index (χ3n) is 1.27. The van der Waals surface area contributed by atoms with Crippen molar-refractivity contribution < 1.29 is 18.0 Å². The van der Waals surface area contributed by atoms with Gasteiger partial charge in [-0.25, -0.2) is 9.55 Å². The van der Waals surface area contributed by atoms with Crippen LogP contribution in [-0.4, -0.2) is 15.3 Å². The largest absolute Gasteiger partial charge is 0.490 e. The van der Waals surface area contributed by atoms with E-state index in [9.17, 15) is 18.0 Å². The van der Waals surface area contributed by atoms with Gasteiger partial charge in [0.05, 0.1) is 6.20 Å². The molecule has 1 heterocycles. The molecule has 0 atom stereocenters. The van der Waals surface area contributed by atoms with E-state index in [4.69, 9.17) is 0 Å². The van der Waals surface area contributed by atoms with E-state index in [1.807, 2.05) is 0 Å². The molecule has 0 aliphatic carbocycles. The molecular weight excluding hydrogens is 173 g/mol. The molecule has 1 aromatic rings. The average Bonchev–Trinajstić information content (AvgIpc) is 2.30. The molecule has 0 aromatic carbocycles. The van der Waals surface area contributed by atoms with Crippen LogP contribution in [0.15, 0.2) is 12.5 Å². The second-order valence-corrected chi connectivity index (χ2v) is 2.17. The number of imidazole rings is 1. The lowest BCUT2D eigenvalue weighted by Crippen LogP contribution is -2.19. The van der Waals surface area contributed by atoms with Gasteiger partial charge in [0.25, 0.3) is 0 Å². The predicted octanol–water partition coefficient (Wildman–Crippen LogP) is 1.56. The minimum atomic E-state index is -4.57. The Morgan fingerprint density at radius 1 is 1.58 bits per heavy atom. The van der Waals surface area contributed by atoms with Gasteiger partial charge in [0.1, 0.15) is 12.0 Å². The van der Waals surface area contributed by atoms with E-state index in [1.54, 1.807) is 0 Å². The maximum atomic E-state index is 12.0. The number of rotatable bonds is 1. The summed E-state index contributed by atoms with van der Waals surface area (Å²) in [6, 6.07) is 0. The van der Waals surface area contributed by atoms with E-state index in [0.717, 1.165) is 13.1 Å². The monoisotopic (exact) mass is 178 g/mol. The van der Waals surface area contributed by atoms with E-state index < -0.39 is 17.8 Å². The summed E-state index contributed by atoms with van der Waals surface area (Å²) in [5.41, 5.74) is -0.456. The van der Waals surface area contributed by atoms with Crippen LogP contribution in [0.4, 0.5) is 13.2 Å². The quantitative estimate of drug-likeness (QED) is 0.611. The molecule has 0 saturated carbocycles. The van der Waals surface area contributed by atoms with Crippen molar-refractivity contribution in [2.45, 2.75) is 13.2 Å². The third-order valence-corrected chi connectivity index (χ3v) is 1.27. The highest BCUT2D eigenvalue weighted by Crippen LogP contribution is 2.23. The van der Waals surface area contributed by atoms with Gasteiger partial charge >= 0.3 is 6.30 Å². The highest BCUT2D eigenvalue weighted by molar-refractivity contribution is 5.92. The summed E-state index contributed by atoms with van der Waals surface area (Å²) in [5.74, 6) is -0.662. The molecular formula is C6H5F3N2O. The van der Waals surface area contributed by atoms with Gasteiger partial charge in [0.15, 0.2) is 5.78 Å². The highest BCUT2D eigenvalue weighted by atomic mass is 19.4. The van der Waals surface area contributed by atoms with Crippen LogP contribution < -0.4 is 0 Å². The minimum absolute atomic E-state index is 0.116. The van der Waals surface area contributed by atoms with Crippen molar-refractivity contribution in [3.05, 3.63) is 18.2 Å². The smallest absolute Gasteiger partial charge is 0.293 e. The Hall–Kier alpha value is -1.33. The van der Waals surface area contributed by atoms with Crippen LogP contribution in [0.25, 0.3) is 0 Å². The number of nitrogens with zero attached hydrogens (tertiary/aromatic N) is 2. The first-order chi connectivity index (χ1) is 5.43. The number of carbonyl (C=O) groups excluding carboxylic acids is 1. The number of Topliss-reactive ketones (excluding diaryl/α,β-unsaturated/α-hetero) is 1. The molecule has 12 heavy (non-hydrogen) atoms. The van der Waals surface area contributed by atoms with Gasteiger partial charge in [-0.05, 0) is 0 Å². The van der Waals surface area contributed by atoms with Gasteiger partial charge in [0.2, 0.25) is 0 Å². The van der Waals surface area contributed by atoms with Crippen molar-refractivity contribution in [2.24, 2.45) is 0 Å². The number of halogens is 3. The van der Waals surface area contributed by atoms with E-state index in [-0.39, 0.29) is 4.57 Å². The second kappa shape index (κ2) is 2.62. The van der Waals surface area contributed by atoms with E-state index >= 15 is 0 Å². The number of aromatic nitrogens is 2. The molecule has 1 aromatic heterocycles. The molecule has 0 unspecified atom stereocenters. The summed E-state index contributed by atoms with van der Waals surface area (Å²) in [5, 5.41) is 0. The third kappa shape index (κ3) is 1.46. The summed E-state index contributed by atoms with van der Waals surface area (Å²) in [4.78, 5) is 13.8. The van der Waals surface area contributed by atoms with Gasteiger partial charge in [-0.15, -0.1) is 13.2 Å². The van der Waals surface area contributed by atoms with Gasteiger partial charge in [-0.3, -0.25) is 4.79 Å². The molecule has 6 heteroatoms. The van der Waals surface area contributed by atoms with Crippen LogP contribution in [0.2, 0.25) is 0 Å². The lowest BCUT2D eigenvalue weighted by atomic mass is 10.3. The molecule has 66 valence electrons. The fraction of sp³-hybridized carbons (Fsp3) is 0.333. The molecule has 0 aliphatic heterocycles. The number of hydrogen-bond acceptors (Lipinski definition) is 2. The molecule has 0 aliphatic rings. The molecule has 0 fully saturated rings. The molecule has 0 saturated heterocycles. The van der Waals surface area contributed by atoms with Crippen LogP contribution in [0, 0.1) is 0 Å².